The molecule has 43 heavy (non-hydrogen) atoms. The van der Waals surface area contributed by atoms with Crippen LogP contribution in [0.25, 0.3) is 22.3 Å². The van der Waals surface area contributed by atoms with E-state index < -0.39 is 108 Å². The maximum atomic E-state index is 12.8. The third-order valence-corrected chi connectivity index (χ3v) is 7.28. The summed E-state index contributed by atoms with van der Waals surface area (Å²) in [7, 11) is 0. The number of ether oxygens (including phenoxy) is 4. The second kappa shape index (κ2) is 12.2. The minimum atomic E-state index is -1.91. The fourth-order valence-electron chi connectivity index (χ4n) is 4.89. The second-order valence-electron chi connectivity index (χ2n) is 10.1. The molecule has 16 nitrogen and oxygen atoms in total. The van der Waals surface area contributed by atoms with E-state index in [1.165, 1.54) is 24.3 Å². The molecule has 10 N–H and O–H groups in total. The van der Waals surface area contributed by atoms with E-state index in [1.807, 2.05) is 0 Å². The van der Waals surface area contributed by atoms with Gasteiger partial charge in [-0.05, 0) is 24.3 Å². The highest BCUT2D eigenvalue weighted by Crippen LogP contribution is 2.42. The van der Waals surface area contributed by atoms with E-state index in [4.69, 9.17) is 23.4 Å². The average Bonchev–Trinajstić information content (AvgIpc) is 2.99. The first-order chi connectivity index (χ1) is 20.4. The third kappa shape index (κ3) is 5.73. The van der Waals surface area contributed by atoms with Gasteiger partial charge in [-0.15, -0.1) is 0 Å². The Hall–Kier alpha value is -3.55. The normalized spacial score (nSPS) is 33.0. The first-order valence-corrected chi connectivity index (χ1v) is 13.0. The lowest BCUT2D eigenvalue weighted by molar-refractivity contribution is -0.358. The van der Waals surface area contributed by atoms with Gasteiger partial charge in [0.2, 0.25) is 12.0 Å². The Morgan fingerprint density at radius 2 is 1.35 bits per heavy atom. The molecule has 5 rings (SSSR count). The van der Waals surface area contributed by atoms with Crippen molar-refractivity contribution in [3.05, 3.63) is 46.6 Å². The monoisotopic (exact) mass is 610 g/mol. The van der Waals surface area contributed by atoms with Crippen LogP contribution in [0.15, 0.2) is 45.6 Å². The lowest BCUT2D eigenvalue weighted by Gasteiger charge is -2.45. The molecule has 0 unspecified atom stereocenters. The summed E-state index contributed by atoms with van der Waals surface area (Å²) in [6.07, 6.45) is -17.4. The van der Waals surface area contributed by atoms with Crippen LogP contribution in [0.2, 0.25) is 0 Å². The summed E-state index contributed by atoms with van der Waals surface area (Å²) in [5.74, 6) is -2.15. The number of fused-ring (bicyclic) bond motifs is 1. The number of hydrogen-bond acceptors (Lipinski definition) is 16. The number of benzene rings is 2. The van der Waals surface area contributed by atoms with Crippen molar-refractivity contribution >= 4 is 11.0 Å². The first kappa shape index (κ1) is 30.9. The summed E-state index contributed by atoms with van der Waals surface area (Å²) in [6.45, 7) is -1.60. The fraction of sp³-hybridized carbons (Fsp3) is 0.444. The van der Waals surface area contributed by atoms with Crippen molar-refractivity contribution in [2.75, 3.05) is 13.2 Å². The highest BCUT2D eigenvalue weighted by molar-refractivity contribution is 5.91. The van der Waals surface area contributed by atoms with Crippen molar-refractivity contribution < 1.29 is 74.4 Å². The Bertz CT molecular complexity index is 1490. The van der Waals surface area contributed by atoms with Crippen molar-refractivity contribution in [2.24, 2.45) is 0 Å². The molecule has 234 valence electrons. The summed E-state index contributed by atoms with van der Waals surface area (Å²) in [5.41, 5.74) is -0.902. The molecule has 2 fully saturated rings. The molecule has 0 radical (unpaired) electrons. The smallest absolute Gasteiger partial charge is 0.229 e. The van der Waals surface area contributed by atoms with Crippen LogP contribution >= 0.6 is 0 Å². The van der Waals surface area contributed by atoms with Crippen molar-refractivity contribution in [3.8, 4) is 34.3 Å². The van der Waals surface area contributed by atoms with E-state index in [0.717, 1.165) is 12.1 Å². The molecule has 2 saturated heterocycles. The second-order valence-corrected chi connectivity index (χ2v) is 10.1. The minimum absolute atomic E-state index is 0.0408. The number of aliphatic hydroxyl groups is 7. The van der Waals surface area contributed by atoms with E-state index >= 15 is 0 Å². The summed E-state index contributed by atoms with van der Waals surface area (Å²) in [5, 5.41) is 102. The average molecular weight is 611 g/mol. The number of rotatable bonds is 7. The summed E-state index contributed by atoms with van der Waals surface area (Å²) >= 11 is 0. The maximum Gasteiger partial charge on any atom is 0.229 e. The number of hydrogen-bond donors (Lipinski definition) is 10. The zero-order chi connectivity index (χ0) is 31.2. The summed E-state index contributed by atoms with van der Waals surface area (Å²) in [4.78, 5) is 12.8. The van der Waals surface area contributed by atoms with Gasteiger partial charge in [-0.1, -0.05) is 0 Å². The van der Waals surface area contributed by atoms with Gasteiger partial charge in [-0.25, -0.2) is 0 Å². The molecular formula is C27H30O16. The lowest BCUT2D eigenvalue weighted by atomic mass is 9.97. The van der Waals surface area contributed by atoms with E-state index in [2.05, 4.69) is 0 Å². The van der Waals surface area contributed by atoms with Crippen molar-refractivity contribution in [1.29, 1.82) is 0 Å². The molecule has 3 heterocycles. The van der Waals surface area contributed by atoms with Crippen LogP contribution in [0.4, 0.5) is 0 Å². The molecule has 0 amide bonds. The molecule has 2 aliphatic rings. The zero-order valence-electron chi connectivity index (χ0n) is 22.1. The van der Waals surface area contributed by atoms with Crippen LogP contribution in [-0.4, -0.2) is 126 Å². The van der Waals surface area contributed by atoms with Gasteiger partial charge in [0.15, 0.2) is 29.2 Å². The molecule has 2 aromatic carbocycles. The van der Waals surface area contributed by atoms with Gasteiger partial charge >= 0.3 is 0 Å². The van der Waals surface area contributed by atoms with Gasteiger partial charge in [0.1, 0.15) is 65.4 Å². The highest BCUT2D eigenvalue weighted by Gasteiger charge is 2.51. The van der Waals surface area contributed by atoms with Gasteiger partial charge in [-0.2, -0.15) is 0 Å². The standard InChI is InChI=1S/C27H30O16/c28-7-15-18(33)21(36)23(38)26(41-15)43-25-22(37)19(34)16(8-29)42-27(25)40-14-6-12(32)17-11(31)5-13(39-24(17)20(14)35)9-1-3-10(30)4-2-9/h1-6,15-16,18-19,21-23,25-30,32-38H,7-8H2/t15-,16-,18-,19-,21+,22+,23-,25+,26+,27-/m1/s1. The predicted molar refractivity (Wildman–Crippen MR) is 140 cm³/mol. The Morgan fingerprint density at radius 1 is 0.744 bits per heavy atom. The van der Waals surface area contributed by atoms with Crippen molar-refractivity contribution in [3.63, 3.8) is 0 Å². The quantitative estimate of drug-likeness (QED) is 0.125. The number of aliphatic hydroxyl groups excluding tert-OH is 7. The molecule has 0 bridgehead atoms. The van der Waals surface area contributed by atoms with Crippen LogP contribution < -0.4 is 10.2 Å². The van der Waals surface area contributed by atoms with Crippen LogP contribution in [0, 0.1) is 0 Å². The molecule has 0 spiro atoms. The molecular weight excluding hydrogens is 580 g/mol. The van der Waals surface area contributed by atoms with Gasteiger partial charge in [0, 0.05) is 17.7 Å². The number of phenolic OH excluding ortho intramolecular Hbond substituents is 3. The Morgan fingerprint density at radius 3 is 1.98 bits per heavy atom. The van der Waals surface area contributed by atoms with Crippen LogP contribution in [0.1, 0.15) is 0 Å². The van der Waals surface area contributed by atoms with Crippen LogP contribution in [0.5, 0.6) is 23.0 Å². The molecule has 16 heteroatoms. The highest BCUT2D eigenvalue weighted by atomic mass is 16.8. The van der Waals surface area contributed by atoms with Gasteiger partial charge in [-0.3, -0.25) is 4.79 Å². The Kier molecular flexibility index (Phi) is 8.77. The van der Waals surface area contributed by atoms with E-state index in [1.54, 1.807) is 0 Å². The predicted octanol–water partition coefficient (Wildman–Crippen LogP) is -2.42. The lowest BCUT2D eigenvalue weighted by Crippen LogP contribution is -2.65. The zero-order valence-corrected chi connectivity index (χ0v) is 22.1. The first-order valence-electron chi connectivity index (χ1n) is 13.0. The summed E-state index contributed by atoms with van der Waals surface area (Å²) in [6, 6.07) is 7.46. The van der Waals surface area contributed by atoms with Crippen LogP contribution in [-0.2, 0) is 14.2 Å². The largest absolute Gasteiger partial charge is 0.508 e. The Labute approximate surface area is 241 Å². The van der Waals surface area contributed by atoms with Crippen molar-refractivity contribution in [2.45, 2.75) is 61.4 Å². The molecule has 1 aromatic heterocycles. The van der Waals surface area contributed by atoms with E-state index in [-0.39, 0.29) is 11.5 Å². The topological polar surface area (TPSA) is 269 Å². The number of phenols is 3. The third-order valence-electron chi connectivity index (χ3n) is 7.28. The fourth-order valence-corrected chi connectivity index (χ4v) is 4.89. The minimum Gasteiger partial charge on any atom is -0.508 e. The van der Waals surface area contributed by atoms with E-state index in [0.29, 0.717) is 5.56 Å². The summed E-state index contributed by atoms with van der Waals surface area (Å²) < 4.78 is 27.8. The molecule has 0 saturated carbocycles. The molecule has 10 atom stereocenters. The maximum absolute atomic E-state index is 12.8. The van der Waals surface area contributed by atoms with Gasteiger partial charge in [0.25, 0.3) is 0 Å². The number of aromatic hydroxyl groups is 3. The molecule has 3 aromatic rings. The van der Waals surface area contributed by atoms with Gasteiger partial charge < -0.3 is 74.4 Å². The Balaban J connectivity index is 1.51. The molecule has 0 aliphatic carbocycles. The SMILES string of the molecule is O=c1cc(-c2ccc(O)cc2)oc2c(O)c(O[C@@H]3O[C@H](CO)[C@@H](O)[C@H](O)[C@@H]3O[C@@H]3O[C@H](CO)[C@@H](O)[C@H](O)[C@H]3O)cc(O)c12. The van der Waals surface area contributed by atoms with Gasteiger partial charge in [0.05, 0.1) is 13.2 Å². The molecule has 2 aliphatic heterocycles. The van der Waals surface area contributed by atoms with Crippen molar-refractivity contribution in [1.82, 2.24) is 0 Å². The van der Waals surface area contributed by atoms with E-state index in [9.17, 15) is 55.9 Å². The van der Waals surface area contributed by atoms with Crippen LogP contribution in [0.3, 0.4) is 0 Å².